The summed E-state index contributed by atoms with van der Waals surface area (Å²) >= 11 is 6.28. The second kappa shape index (κ2) is 7.65. The Labute approximate surface area is 135 Å². The maximum atomic E-state index is 6.28. The molecule has 1 nitrogen and oxygen atoms in total. The molecule has 0 unspecified atom stereocenters. The predicted octanol–water partition coefficient (Wildman–Crippen LogP) is 5.78. The Morgan fingerprint density at radius 2 is 1.90 bits per heavy atom. The molecule has 118 valence electrons. The molecule has 1 aliphatic carbocycles. The Hall–Kier alpha value is -0.530. The van der Waals surface area contributed by atoms with Gasteiger partial charge in [-0.25, -0.2) is 0 Å². The summed E-state index contributed by atoms with van der Waals surface area (Å²) < 4.78 is 0. The summed E-state index contributed by atoms with van der Waals surface area (Å²) in [7, 11) is 0. The van der Waals surface area contributed by atoms with Crippen molar-refractivity contribution in [3.63, 3.8) is 0 Å². The number of nitrogens with one attached hydrogen (secondary N) is 1. The molecule has 0 atom stereocenters. The van der Waals surface area contributed by atoms with Gasteiger partial charge in [0.2, 0.25) is 0 Å². The monoisotopic (exact) mass is 307 g/mol. The van der Waals surface area contributed by atoms with Crippen LogP contribution in [0.4, 0.5) is 0 Å². The van der Waals surface area contributed by atoms with E-state index in [-0.39, 0.29) is 0 Å². The lowest BCUT2D eigenvalue weighted by molar-refractivity contribution is 0.231. The van der Waals surface area contributed by atoms with Crippen LogP contribution >= 0.6 is 11.6 Å². The van der Waals surface area contributed by atoms with E-state index in [0.29, 0.717) is 17.4 Å². The van der Waals surface area contributed by atoms with Crippen molar-refractivity contribution < 1.29 is 0 Å². The Morgan fingerprint density at radius 1 is 1.19 bits per heavy atom. The molecule has 1 saturated carbocycles. The van der Waals surface area contributed by atoms with E-state index in [4.69, 9.17) is 11.6 Å². The van der Waals surface area contributed by atoms with E-state index in [0.717, 1.165) is 11.6 Å². The van der Waals surface area contributed by atoms with Gasteiger partial charge in [0.25, 0.3) is 0 Å². The highest BCUT2D eigenvalue weighted by Gasteiger charge is 2.32. The molecule has 1 aromatic rings. The molecule has 1 fully saturated rings. The predicted molar refractivity (Wildman–Crippen MR) is 93.1 cm³/mol. The van der Waals surface area contributed by atoms with Crippen molar-refractivity contribution in [2.45, 2.75) is 71.3 Å². The quantitative estimate of drug-likeness (QED) is 0.600. The van der Waals surface area contributed by atoms with E-state index in [1.54, 1.807) is 0 Å². The van der Waals surface area contributed by atoms with Gasteiger partial charge in [-0.15, -0.1) is 0 Å². The lowest BCUT2D eigenvalue weighted by Crippen LogP contribution is -2.44. The zero-order chi connectivity index (χ0) is 15.3. The van der Waals surface area contributed by atoms with E-state index in [1.807, 2.05) is 12.1 Å². The third-order valence-electron chi connectivity index (χ3n) is 4.81. The minimum absolute atomic E-state index is 0.421. The molecule has 0 spiro atoms. The molecule has 0 saturated heterocycles. The first-order valence-corrected chi connectivity index (χ1v) is 8.87. The van der Waals surface area contributed by atoms with Crippen molar-refractivity contribution in [2.24, 2.45) is 5.41 Å². The van der Waals surface area contributed by atoms with Gasteiger partial charge < -0.3 is 5.32 Å². The highest BCUT2D eigenvalue weighted by atomic mass is 35.5. The van der Waals surface area contributed by atoms with Crippen molar-refractivity contribution in [1.29, 1.82) is 0 Å². The Bertz CT molecular complexity index is 435. The van der Waals surface area contributed by atoms with Crippen LogP contribution < -0.4 is 5.32 Å². The fourth-order valence-electron chi connectivity index (χ4n) is 3.21. The van der Waals surface area contributed by atoms with Crippen LogP contribution in [-0.2, 0) is 0 Å². The standard InChI is InChI=1S/C19H30ClN/c1-4-5-8-11-19(2,3)14-21-16-12-15(13-16)17-9-6-7-10-18(17)20/h6-7,9-10,15-16,21H,4-5,8,11-14H2,1-3H3. The first kappa shape index (κ1) is 16.8. The molecule has 2 heteroatoms. The Kier molecular flexibility index (Phi) is 6.13. The van der Waals surface area contributed by atoms with Crippen LogP contribution in [0.25, 0.3) is 0 Å². The second-order valence-electron chi connectivity index (χ2n) is 7.39. The van der Waals surface area contributed by atoms with Gasteiger partial charge >= 0.3 is 0 Å². The van der Waals surface area contributed by atoms with E-state index >= 15 is 0 Å². The summed E-state index contributed by atoms with van der Waals surface area (Å²) in [5.74, 6) is 0.652. The fourth-order valence-corrected chi connectivity index (χ4v) is 3.50. The lowest BCUT2D eigenvalue weighted by atomic mass is 9.75. The van der Waals surface area contributed by atoms with Crippen molar-refractivity contribution in [2.75, 3.05) is 6.54 Å². The topological polar surface area (TPSA) is 12.0 Å². The molecule has 1 aliphatic rings. The van der Waals surface area contributed by atoms with Gasteiger partial charge in [0.05, 0.1) is 0 Å². The summed E-state index contributed by atoms with van der Waals surface area (Å²) in [5.41, 5.74) is 1.75. The maximum absolute atomic E-state index is 6.28. The summed E-state index contributed by atoms with van der Waals surface area (Å²) in [6, 6.07) is 8.97. The van der Waals surface area contributed by atoms with Crippen molar-refractivity contribution in [1.82, 2.24) is 5.32 Å². The molecular weight excluding hydrogens is 278 g/mol. The highest BCUT2D eigenvalue weighted by Crippen LogP contribution is 2.40. The van der Waals surface area contributed by atoms with Gasteiger partial charge in [-0.05, 0) is 42.2 Å². The average Bonchev–Trinajstić information content (AvgIpc) is 2.39. The van der Waals surface area contributed by atoms with Crippen LogP contribution in [0.5, 0.6) is 0 Å². The molecule has 21 heavy (non-hydrogen) atoms. The molecule has 0 radical (unpaired) electrons. The van der Waals surface area contributed by atoms with E-state index < -0.39 is 0 Å². The highest BCUT2D eigenvalue weighted by molar-refractivity contribution is 6.31. The minimum atomic E-state index is 0.421. The van der Waals surface area contributed by atoms with Crippen LogP contribution in [0.15, 0.2) is 24.3 Å². The Morgan fingerprint density at radius 3 is 2.57 bits per heavy atom. The van der Waals surface area contributed by atoms with E-state index in [9.17, 15) is 0 Å². The summed E-state index contributed by atoms with van der Waals surface area (Å²) in [5, 5.41) is 4.69. The molecule has 0 aliphatic heterocycles. The summed E-state index contributed by atoms with van der Waals surface area (Å²) in [6.07, 6.45) is 7.82. The number of unbranched alkanes of at least 4 members (excludes halogenated alkanes) is 2. The smallest absolute Gasteiger partial charge is 0.0440 e. The zero-order valence-electron chi connectivity index (χ0n) is 13.8. The third kappa shape index (κ3) is 5.00. The zero-order valence-corrected chi connectivity index (χ0v) is 14.5. The minimum Gasteiger partial charge on any atom is -0.313 e. The van der Waals surface area contributed by atoms with E-state index in [1.165, 1.54) is 44.1 Å². The largest absolute Gasteiger partial charge is 0.313 e. The number of hydrogen-bond acceptors (Lipinski definition) is 1. The number of hydrogen-bond donors (Lipinski definition) is 1. The third-order valence-corrected chi connectivity index (χ3v) is 5.15. The summed E-state index contributed by atoms with van der Waals surface area (Å²) in [4.78, 5) is 0. The Balaban J connectivity index is 1.70. The van der Waals surface area contributed by atoms with Crippen LogP contribution in [-0.4, -0.2) is 12.6 Å². The SMILES string of the molecule is CCCCCC(C)(C)CNC1CC(c2ccccc2Cl)C1. The lowest BCUT2D eigenvalue weighted by Gasteiger charge is -2.39. The van der Waals surface area contributed by atoms with Crippen LogP contribution in [0.3, 0.4) is 0 Å². The van der Waals surface area contributed by atoms with Crippen molar-refractivity contribution >= 4 is 11.6 Å². The van der Waals surface area contributed by atoms with E-state index in [2.05, 4.69) is 38.2 Å². The van der Waals surface area contributed by atoms with Gasteiger partial charge in [-0.1, -0.05) is 69.8 Å². The fraction of sp³-hybridized carbons (Fsp3) is 0.684. The van der Waals surface area contributed by atoms with Gasteiger partial charge in [-0.3, -0.25) is 0 Å². The van der Waals surface area contributed by atoms with Gasteiger partial charge in [0.1, 0.15) is 0 Å². The van der Waals surface area contributed by atoms with Crippen LogP contribution in [0.2, 0.25) is 5.02 Å². The maximum Gasteiger partial charge on any atom is 0.0440 e. The van der Waals surface area contributed by atoms with Gasteiger partial charge in [0, 0.05) is 17.6 Å². The molecule has 2 rings (SSSR count). The van der Waals surface area contributed by atoms with Gasteiger partial charge in [-0.2, -0.15) is 0 Å². The molecule has 0 aromatic heterocycles. The van der Waals surface area contributed by atoms with Crippen molar-refractivity contribution in [3.05, 3.63) is 34.9 Å². The second-order valence-corrected chi connectivity index (χ2v) is 7.80. The summed E-state index contributed by atoms with van der Waals surface area (Å²) in [6.45, 7) is 8.19. The molecule has 1 N–H and O–H groups in total. The molecular formula is C19H30ClN. The molecule has 0 bridgehead atoms. The number of rotatable bonds is 8. The average molecular weight is 308 g/mol. The van der Waals surface area contributed by atoms with Crippen LogP contribution in [0.1, 0.15) is 70.8 Å². The molecule has 0 heterocycles. The number of benzene rings is 1. The first-order valence-electron chi connectivity index (χ1n) is 8.49. The normalized spacial score (nSPS) is 22.1. The first-order chi connectivity index (χ1) is 10.0. The van der Waals surface area contributed by atoms with Gasteiger partial charge in [0.15, 0.2) is 0 Å². The van der Waals surface area contributed by atoms with Crippen molar-refractivity contribution in [3.8, 4) is 0 Å². The molecule has 0 amide bonds. The molecule has 1 aromatic carbocycles. The van der Waals surface area contributed by atoms with Crippen LogP contribution in [0, 0.1) is 5.41 Å². The number of halogens is 1.